The van der Waals surface area contributed by atoms with E-state index in [4.69, 9.17) is 0 Å². The molecule has 0 heterocycles. The molecule has 0 atom stereocenters. The smallest absolute Gasteiger partial charge is 0.00707 e. The van der Waals surface area contributed by atoms with Gasteiger partial charge in [0.2, 0.25) is 0 Å². The number of hydrogen-bond donors (Lipinski definition) is 0. The van der Waals surface area contributed by atoms with Crippen molar-refractivity contribution in [1.29, 1.82) is 0 Å². The molecule has 0 spiro atoms. The molecule has 0 aliphatic carbocycles. The lowest BCUT2D eigenvalue weighted by Crippen LogP contribution is -1.95. The van der Waals surface area contributed by atoms with E-state index in [0.717, 1.165) is 0 Å². The highest BCUT2D eigenvalue weighted by molar-refractivity contribution is 5.89. The Morgan fingerprint density at radius 2 is 0.773 bits per heavy atom. The molecule has 22 heavy (non-hydrogen) atoms. The maximum atomic E-state index is 2.24. The largest absolute Gasteiger partial charge is 0.0620 e. The predicted molar refractivity (Wildman–Crippen MR) is 96.3 cm³/mol. The minimum atomic E-state index is 1.33. The van der Waals surface area contributed by atoms with E-state index in [9.17, 15) is 0 Å². The highest BCUT2D eigenvalue weighted by Crippen LogP contribution is 2.39. The van der Waals surface area contributed by atoms with Crippen LogP contribution in [0.1, 0.15) is 22.3 Å². The quantitative estimate of drug-likeness (QED) is 0.522. The molecule has 110 valence electrons. The fraction of sp³-hybridized carbons (Fsp3) is 0.182. The van der Waals surface area contributed by atoms with Gasteiger partial charge in [0, 0.05) is 0 Å². The van der Waals surface area contributed by atoms with Crippen molar-refractivity contribution in [3.8, 4) is 22.3 Å². The van der Waals surface area contributed by atoms with E-state index in [1.807, 2.05) is 0 Å². The van der Waals surface area contributed by atoms with Gasteiger partial charge in [-0.15, -0.1) is 0 Å². The Labute approximate surface area is 133 Å². The highest BCUT2D eigenvalue weighted by atomic mass is 14.2. The van der Waals surface area contributed by atoms with Crippen molar-refractivity contribution in [1.82, 2.24) is 0 Å². The third kappa shape index (κ3) is 2.46. The maximum Gasteiger partial charge on any atom is -0.00707 e. The van der Waals surface area contributed by atoms with Crippen LogP contribution in [0, 0.1) is 27.7 Å². The van der Waals surface area contributed by atoms with E-state index in [1.165, 1.54) is 44.5 Å². The molecule has 0 saturated carbocycles. The average molecular weight is 286 g/mol. The first kappa shape index (κ1) is 14.6. The van der Waals surface area contributed by atoms with Gasteiger partial charge in [-0.05, 0) is 72.2 Å². The molecule has 0 fully saturated rings. The summed E-state index contributed by atoms with van der Waals surface area (Å²) in [7, 11) is 0. The Morgan fingerprint density at radius 1 is 0.409 bits per heavy atom. The van der Waals surface area contributed by atoms with Crippen LogP contribution in [0.5, 0.6) is 0 Å². The van der Waals surface area contributed by atoms with Crippen LogP contribution in [-0.2, 0) is 0 Å². The van der Waals surface area contributed by atoms with Gasteiger partial charge in [0.1, 0.15) is 0 Å². The van der Waals surface area contributed by atoms with Crippen LogP contribution in [-0.4, -0.2) is 0 Å². The van der Waals surface area contributed by atoms with Gasteiger partial charge in [0.15, 0.2) is 0 Å². The lowest BCUT2D eigenvalue weighted by atomic mass is 9.85. The molecule has 0 saturated heterocycles. The van der Waals surface area contributed by atoms with Gasteiger partial charge in [-0.25, -0.2) is 0 Å². The molecular weight excluding hydrogens is 264 g/mol. The molecule has 0 aliphatic rings. The monoisotopic (exact) mass is 286 g/mol. The Morgan fingerprint density at radius 3 is 1.14 bits per heavy atom. The van der Waals surface area contributed by atoms with E-state index >= 15 is 0 Å². The number of hydrogen-bond acceptors (Lipinski definition) is 0. The zero-order valence-corrected chi connectivity index (χ0v) is 13.8. The van der Waals surface area contributed by atoms with Crippen LogP contribution < -0.4 is 0 Å². The Kier molecular flexibility index (Phi) is 3.85. The van der Waals surface area contributed by atoms with Crippen LogP contribution in [0.2, 0.25) is 0 Å². The first-order valence-electron chi connectivity index (χ1n) is 7.82. The van der Waals surface area contributed by atoms with Gasteiger partial charge in [0.05, 0.1) is 0 Å². The fourth-order valence-electron chi connectivity index (χ4n) is 3.21. The van der Waals surface area contributed by atoms with Crippen LogP contribution in [0.3, 0.4) is 0 Å². The molecule has 0 aliphatic heterocycles. The highest BCUT2D eigenvalue weighted by Gasteiger charge is 2.15. The molecule has 0 aromatic heterocycles. The first-order valence-corrected chi connectivity index (χ1v) is 7.82. The molecule has 0 radical (unpaired) electrons. The molecule has 3 aromatic carbocycles. The first-order chi connectivity index (χ1) is 10.6. The molecule has 3 rings (SSSR count). The molecule has 0 unspecified atom stereocenters. The topological polar surface area (TPSA) is 0 Å². The van der Waals surface area contributed by atoms with Crippen molar-refractivity contribution in [2.75, 3.05) is 0 Å². The summed E-state index contributed by atoms with van der Waals surface area (Å²) in [6.45, 7) is 8.81. The van der Waals surface area contributed by atoms with Gasteiger partial charge in [-0.1, -0.05) is 60.7 Å². The van der Waals surface area contributed by atoms with Crippen molar-refractivity contribution in [2.24, 2.45) is 0 Å². The van der Waals surface area contributed by atoms with Crippen molar-refractivity contribution in [3.05, 3.63) is 82.9 Å². The van der Waals surface area contributed by atoms with Crippen LogP contribution >= 0.6 is 0 Å². The number of benzene rings is 3. The summed E-state index contributed by atoms with van der Waals surface area (Å²) in [6.07, 6.45) is 0. The van der Waals surface area contributed by atoms with Crippen molar-refractivity contribution < 1.29 is 0 Å². The molecule has 0 heteroatoms. The SMILES string of the molecule is Cc1ccccc1-c1c(C)ccc(C)c1-c1ccccc1C. The van der Waals surface area contributed by atoms with Gasteiger partial charge >= 0.3 is 0 Å². The predicted octanol–water partition coefficient (Wildman–Crippen LogP) is 6.25. The molecule has 0 nitrogen and oxygen atoms in total. The minimum Gasteiger partial charge on any atom is -0.0620 e. The second-order valence-corrected chi connectivity index (χ2v) is 6.08. The maximum absolute atomic E-state index is 2.24. The van der Waals surface area contributed by atoms with Gasteiger partial charge in [-0.3, -0.25) is 0 Å². The Bertz CT molecular complexity index is 755. The zero-order valence-electron chi connectivity index (χ0n) is 13.8. The summed E-state index contributed by atoms with van der Waals surface area (Å²) in [4.78, 5) is 0. The molecule has 0 amide bonds. The van der Waals surface area contributed by atoms with Crippen molar-refractivity contribution in [2.45, 2.75) is 27.7 Å². The van der Waals surface area contributed by atoms with Crippen molar-refractivity contribution >= 4 is 0 Å². The van der Waals surface area contributed by atoms with Gasteiger partial charge in [0.25, 0.3) is 0 Å². The van der Waals surface area contributed by atoms with E-state index in [-0.39, 0.29) is 0 Å². The summed E-state index contributed by atoms with van der Waals surface area (Å²) in [5.41, 5.74) is 10.7. The number of aryl methyl sites for hydroxylation is 4. The average Bonchev–Trinajstić information content (AvgIpc) is 2.51. The lowest BCUT2D eigenvalue weighted by molar-refractivity contribution is 1.35. The summed E-state index contributed by atoms with van der Waals surface area (Å²) < 4.78 is 0. The normalized spacial score (nSPS) is 10.7. The summed E-state index contributed by atoms with van der Waals surface area (Å²) in [6, 6.07) is 21.8. The second-order valence-electron chi connectivity index (χ2n) is 6.08. The third-order valence-corrected chi connectivity index (χ3v) is 4.45. The second kappa shape index (κ2) is 5.81. The standard InChI is InChI=1S/C22H22/c1-15-9-5-7-11-19(15)21-17(3)13-14-18(4)22(21)20-12-8-6-10-16(20)2/h5-14H,1-4H3. The van der Waals surface area contributed by atoms with E-state index in [2.05, 4.69) is 88.4 Å². The fourth-order valence-corrected chi connectivity index (χ4v) is 3.21. The molecular formula is C22H22. The van der Waals surface area contributed by atoms with Gasteiger partial charge < -0.3 is 0 Å². The summed E-state index contributed by atoms with van der Waals surface area (Å²) >= 11 is 0. The van der Waals surface area contributed by atoms with Crippen molar-refractivity contribution in [3.63, 3.8) is 0 Å². The minimum absolute atomic E-state index is 1.33. The van der Waals surface area contributed by atoms with Crippen LogP contribution in [0.15, 0.2) is 60.7 Å². The number of rotatable bonds is 2. The van der Waals surface area contributed by atoms with Crippen LogP contribution in [0.25, 0.3) is 22.3 Å². The Balaban J connectivity index is 2.39. The summed E-state index contributed by atoms with van der Waals surface area (Å²) in [5.74, 6) is 0. The van der Waals surface area contributed by atoms with E-state index < -0.39 is 0 Å². The summed E-state index contributed by atoms with van der Waals surface area (Å²) in [5, 5.41) is 0. The lowest BCUT2D eigenvalue weighted by Gasteiger charge is -2.19. The molecule has 0 N–H and O–H groups in total. The zero-order chi connectivity index (χ0) is 15.7. The molecule has 3 aromatic rings. The van der Waals surface area contributed by atoms with Crippen LogP contribution in [0.4, 0.5) is 0 Å². The van der Waals surface area contributed by atoms with E-state index in [1.54, 1.807) is 0 Å². The van der Waals surface area contributed by atoms with E-state index in [0.29, 0.717) is 0 Å². The third-order valence-electron chi connectivity index (χ3n) is 4.45. The molecule has 0 bridgehead atoms. The Hall–Kier alpha value is -2.34. The van der Waals surface area contributed by atoms with Gasteiger partial charge in [-0.2, -0.15) is 0 Å².